The molecule has 1 rings (SSSR count). The number of rotatable bonds is 3. The largest absolute Gasteiger partial charge is 0.505 e. The fraction of sp³-hybridized carbons (Fsp3) is 0.300. The van der Waals surface area contributed by atoms with Crippen LogP contribution in [0.25, 0.3) is 0 Å². The molecule has 0 saturated heterocycles. The van der Waals surface area contributed by atoms with Crippen molar-refractivity contribution in [3.8, 4) is 5.75 Å². The monoisotopic (exact) mass is 230 g/mol. The summed E-state index contributed by atoms with van der Waals surface area (Å²) in [5, 5.41) is 9.49. The van der Waals surface area contributed by atoms with Crippen LogP contribution in [0, 0.1) is 0 Å². The Kier molecular flexibility index (Phi) is 3.65. The number of carbonyl (C=O) groups is 1. The van der Waals surface area contributed by atoms with Crippen molar-refractivity contribution in [1.82, 2.24) is 4.90 Å². The summed E-state index contributed by atoms with van der Waals surface area (Å²) in [5.41, 5.74) is 5.35. The number of amides is 1. The Hall–Kier alpha value is -1.85. The standard InChI is InChI=1S/C10H12F2N2O2/c1-14(5-8(11)12)10(16)6-3-2-4-7(13)9(6)15/h2-4,8,15H,5,13H2,1H3. The van der Waals surface area contributed by atoms with Crippen LogP contribution in [-0.4, -0.2) is 35.9 Å². The number of hydrogen-bond acceptors (Lipinski definition) is 3. The van der Waals surface area contributed by atoms with E-state index in [2.05, 4.69) is 0 Å². The maximum Gasteiger partial charge on any atom is 0.257 e. The molecule has 0 spiro atoms. The maximum absolute atomic E-state index is 12.1. The van der Waals surface area contributed by atoms with Gasteiger partial charge in [0.1, 0.15) is 0 Å². The Morgan fingerprint density at radius 2 is 2.19 bits per heavy atom. The van der Waals surface area contributed by atoms with Crippen molar-refractivity contribution in [1.29, 1.82) is 0 Å². The minimum Gasteiger partial charge on any atom is -0.505 e. The van der Waals surface area contributed by atoms with E-state index in [4.69, 9.17) is 5.73 Å². The van der Waals surface area contributed by atoms with Crippen molar-refractivity contribution in [2.45, 2.75) is 6.43 Å². The van der Waals surface area contributed by atoms with Crippen LogP contribution >= 0.6 is 0 Å². The summed E-state index contributed by atoms with van der Waals surface area (Å²) < 4.78 is 24.1. The average Bonchev–Trinajstić information content (AvgIpc) is 2.20. The summed E-state index contributed by atoms with van der Waals surface area (Å²) >= 11 is 0. The number of hydrogen-bond donors (Lipinski definition) is 2. The van der Waals surface area contributed by atoms with E-state index in [0.717, 1.165) is 4.90 Å². The minimum atomic E-state index is -2.61. The van der Waals surface area contributed by atoms with Gasteiger partial charge in [-0.3, -0.25) is 4.79 Å². The first kappa shape index (κ1) is 12.2. The molecule has 1 aromatic carbocycles. The van der Waals surface area contributed by atoms with Crippen LogP contribution in [-0.2, 0) is 0 Å². The highest BCUT2D eigenvalue weighted by Crippen LogP contribution is 2.25. The van der Waals surface area contributed by atoms with Crippen LogP contribution in [0.1, 0.15) is 10.4 Å². The molecule has 0 radical (unpaired) electrons. The van der Waals surface area contributed by atoms with Crippen molar-refractivity contribution in [2.75, 3.05) is 19.3 Å². The molecular formula is C10H12F2N2O2. The number of carbonyl (C=O) groups excluding carboxylic acids is 1. The van der Waals surface area contributed by atoms with Gasteiger partial charge in [-0.1, -0.05) is 6.07 Å². The first-order valence-electron chi connectivity index (χ1n) is 4.54. The molecule has 0 fully saturated rings. The summed E-state index contributed by atoms with van der Waals surface area (Å²) in [6.45, 7) is -0.687. The molecule has 0 saturated carbocycles. The summed E-state index contributed by atoms with van der Waals surface area (Å²) in [6.07, 6.45) is -2.61. The number of alkyl halides is 2. The Morgan fingerprint density at radius 3 is 2.75 bits per heavy atom. The average molecular weight is 230 g/mol. The second-order valence-electron chi connectivity index (χ2n) is 3.32. The Morgan fingerprint density at radius 1 is 1.56 bits per heavy atom. The number of anilines is 1. The van der Waals surface area contributed by atoms with Gasteiger partial charge in [-0.25, -0.2) is 8.78 Å². The molecule has 88 valence electrons. The lowest BCUT2D eigenvalue weighted by Gasteiger charge is -2.17. The van der Waals surface area contributed by atoms with Crippen LogP contribution < -0.4 is 5.73 Å². The third-order valence-electron chi connectivity index (χ3n) is 2.06. The number of aromatic hydroxyl groups is 1. The zero-order chi connectivity index (χ0) is 12.3. The predicted molar refractivity (Wildman–Crippen MR) is 55.5 cm³/mol. The summed E-state index contributed by atoms with van der Waals surface area (Å²) in [4.78, 5) is 12.5. The van der Waals surface area contributed by atoms with Gasteiger partial charge in [0.15, 0.2) is 5.75 Å². The molecule has 0 aliphatic heterocycles. The molecule has 3 N–H and O–H groups in total. The summed E-state index contributed by atoms with van der Waals surface area (Å²) in [6, 6.07) is 4.22. The molecule has 1 amide bonds. The number of benzene rings is 1. The molecule has 0 unspecified atom stereocenters. The second-order valence-corrected chi connectivity index (χ2v) is 3.32. The lowest BCUT2D eigenvalue weighted by atomic mass is 10.1. The van der Waals surface area contributed by atoms with E-state index in [1.54, 1.807) is 0 Å². The fourth-order valence-corrected chi connectivity index (χ4v) is 1.23. The third kappa shape index (κ3) is 2.59. The molecule has 0 aliphatic carbocycles. The van der Waals surface area contributed by atoms with Crippen LogP contribution in [0.3, 0.4) is 0 Å². The molecule has 0 bridgehead atoms. The number of phenols is 1. The van der Waals surface area contributed by atoms with Gasteiger partial charge in [0.05, 0.1) is 17.8 Å². The van der Waals surface area contributed by atoms with Crippen molar-refractivity contribution in [3.05, 3.63) is 23.8 Å². The number of nitrogen functional groups attached to an aromatic ring is 1. The molecule has 6 heteroatoms. The Balaban J connectivity index is 2.92. The van der Waals surface area contributed by atoms with Gasteiger partial charge in [0, 0.05) is 7.05 Å². The van der Waals surface area contributed by atoms with Gasteiger partial charge in [-0.15, -0.1) is 0 Å². The van der Waals surface area contributed by atoms with Gasteiger partial charge in [-0.2, -0.15) is 0 Å². The number of nitrogens with two attached hydrogens (primary N) is 1. The molecule has 0 atom stereocenters. The van der Waals surface area contributed by atoms with Gasteiger partial charge in [0.25, 0.3) is 12.3 Å². The summed E-state index contributed by atoms with van der Waals surface area (Å²) in [7, 11) is 1.23. The quantitative estimate of drug-likeness (QED) is 0.607. The number of phenolic OH excluding ortho intramolecular Hbond substituents is 1. The van der Waals surface area contributed by atoms with E-state index < -0.39 is 18.9 Å². The molecule has 16 heavy (non-hydrogen) atoms. The Labute approximate surface area is 91.3 Å². The van der Waals surface area contributed by atoms with E-state index in [1.165, 1.54) is 25.2 Å². The van der Waals surface area contributed by atoms with Crippen molar-refractivity contribution < 1.29 is 18.7 Å². The van der Waals surface area contributed by atoms with E-state index >= 15 is 0 Å². The maximum atomic E-state index is 12.1. The second kappa shape index (κ2) is 4.78. The van der Waals surface area contributed by atoms with Gasteiger partial charge < -0.3 is 15.7 Å². The zero-order valence-electron chi connectivity index (χ0n) is 8.65. The minimum absolute atomic E-state index is 0.0382. The van der Waals surface area contributed by atoms with E-state index in [-0.39, 0.29) is 17.0 Å². The summed E-state index contributed by atoms with van der Waals surface area (Å²) in [5.74, 6) is -1.07. The van der Waals surface area contributed by atoms with E-state index in [0.29, 0.717) is 0 Å². The van der Waals surface area contributed by atoms with Gasteiger partial charge >= 0.3 is 0 Å². The molecule has 0 aromatic heterocycles. The highest BCUT2D eigenvalue weighted by molar-refractivity contribution is 5.98. The first-order chi connectivity index (χ1) is 7.43. The molecular weight excluding hydrogens is 218 g/mol. The van der Waals surface area contributed by atoms with Crippen LogP contribution in [0.15, 0.2) is 18.2 Å². The highest BCUT2D eigenvalue weighted by Gasteiger charge is 2.19. The van der Waals surface area contributed by atoms with Crippen molar-refractivity contribution >= 4 is 11.6 Å². The lowest BCUT2D eigenvalue weighted by molar-refractivity contribution is 0.0617. The van der Waals surface area contributed by atoms with Crippen molar-refractivity contribution in [2.24, 2.45) is 0 Å². The zero-order valence-corrected chi connectivity index (χ0v) is 8.65. The van der Waals surface area contributed by atoms with Gasteiger partial charge in [-0.05, 0) is 12.1 Å². The van der Waals surface area contributed by atoms with Crippen LogP contribution in [0.4, 0.5) is 14.5 Å². The van der Waals surface area contributed by atoms with E-state index in [9.17, 15) is 18.7 Å². The molecule has 1 aromatic rings. The van der Waals surface area contributed by atoms with Crippen LogP contribution in [0.5, 0.6) is 5.75 Å². The molecule has 4 nitrogen and oxygen atoms in total. The molecule has 0 aliphatic rings. The fourth-order valence-electron chi connectivity index (χ4n) is 1.23. The molecule has 0 heterocycles. The Bertz CT molecular complexity index is 396. The number of halogens is 2. The van der Waals surface area contributed by atoms with Gasteiger partial charge in [0.2, 0.25) is 0 Å². The smallest absolute Gasteiger partial charge is 0.257 e. The highest BCUT2D eigenvalue weighted by atomic mass is 19.3. The predicted octanol–water partition coefficient (Wildman–Crippen LogP) is 1.31. The van der Waals surface area contributed by atoms with Crippen molar-refractivity contribution in [3.63, 3.8) is 0 Å². The third-order valence-corrected chi connectivity index (χ3v) is 2.06. The normalized spacial score (nSPS) is 10.5. The van der Waals surface area contributed by atoms with Crippen LogP contribution in [0.2, 0.25) is 0 Å². The topological polar surface area (TPSA) is 66.6 Å². The SMILES string of the molecule is CN(CC(F)F)C(=O)c1cccc(N)c1O. The first-order valence-corrected chi connectivity index (χ1v) is 4.54. The van der Waals surface area contributed by atoms with E-state index in [1.807, 2.05) is 0 Å². The lowest BCUT2D eigenvalue weighted by Crippen LogP contribution is -2.31. The number of nitrogens with zero attached hydrogens (tertiary/aromatic N) is 1. The number of para-hydroxylation sites is 1.